The number of ether oxygens (including phenoxy) is 1. The monoisotopic (exact) mass is 213 g/mol. The molecule has 82 valence electrons. The van der Waals surface area contributed by atoms with Crippen molar-refractivity contribution in [2.45, 2.75) is 12.2 Å². The molecule has 0 radical (unpaired) electrons. The average molecular weight is 213 g/mol. The Morgan fingerprint density at radius 3 is 2.80 bits per heavy atom. The second-order valence-electron chi connectivity index (χ2n) is 3.04. The zero-order valence-electron chi connectivity index (χ0n) is 8.18. The smallest absolute Gasteiger partial charge is 0.323 e. The van der Waals surface area contributed by atoms with Gasteiger partial charge in [0.25, 0.3) is 0 Å². The lowest BCUT2D eigenvalue weighted by Crippen LogP contribution is -2.34. The van der Waals surface area contributed by atoms with Crippen LogP contribution in [0.4, 0.5) is 4.39 Å². The van der Waals surface area contributed by atoms with E-state index in [2.05, 4.69) is 0 Å². The van der Waals surface area contributed by atoms with E-state index in [9.17, 15) is 9.18 Å². The van der Waals surface area contributed by atoms with E-state index in [4.69, 9.17) is 15.6 Å². The standard InChI is InChI=1S/C10H12FNO3/c1-15-7-4-2-3-6(5-7)8(11)9(12)10(13)14/h2-5,8-9H,12H2,1H3,(H,13,14). The molecule has 4 nitrogen and oxygen atoms in total. The molecule has 0 aliphatic carbocycles. The number of aliphatic carboxylic acids is 1. The van der Waals surface area contributed by atoms with Gasteiger partial charge in [0.2, 0.25) is 0 Å². The third kappa shape index (κ3) is 2.66. The summed E-state index contributed by atoms with van der Waals surface area (Å²) in [4.78, 5) is 10.5. The number of methoxy groups -OCH3 is 1. The van der Waals surface area contributed by atoms with E-state index in [-0.39, 0.29) is 5.56 Å². The van der Waals surface area contributed by atoms with Crippen molar-refractivity contribution in [3.63, 3.8) is 0 Å². The van der Waals surface area contributed by atoms with Gasteiger partial charge in [-0.25, -0.2) is 4.39 Å². The SMILES string of the molecule is COc1cccc(C(F)C(N)C(=O)O)c1. The van der Waals surface area contributed by atoms with Crippen LogP contribution in [0.3, 0.4) is 0 Å². The van der Waals surface area contributed by atoms with Crippen molar-refractivity contribution in [1.82, 2.24) is 0 Å². The normalized spacial score (nSPS) is 14.3. The minimum atomic E-state index is -1.74. The van der Waals surface area contributed by atoms with Gasteiger partial charge in [0, 0.05) is 0 Å². The van der Waals surface area contributed by atoms with Gasteiger partial charge in [0.05, 0.1) is 7.11 Å². The molecule has 3 N–H and O–H groups in total. The highest BCUT2D eigenvalue weighted by Crippen LogP contribution is 2.24. The predicted molar refractivity (Wildman–Crippen MR) is 52.5 cm³/mol. The van der Waals surface area contributed by atoms with E-state index in [1.54, 1.807) is 12.1 Å². The summed E-state index contributed by atoms with van der Waals surface area (Å²) in [6.45, 7) is 0. The van der Waals surface area contributed by atoms with Crippen LogP contribution in [0.15, 0.2) is 24.3 Å². The summed E-state index contributed by atoms with van der Waals surface area (Å²) < 4.78 is 18.4. The Balaban J connectivity index is 2.90. The maximum atomic E-state index is 13.5. The quantitative estimate of drug-likeness (QED) is 0.786. The zero-order valence-corrected chi connectivity index (χ0v) is 8.18. The first-order valence-corrected chi connectivity index (χ1v) is 4.32. The van der Waals surface area contributed by atoms with Gasteiger partial charge < -0.3 is 15.6 Å². The maximum absolute atomic E-state index is 13.5. The largest absolute Gasteiger partial charge is 0.497 e. The van der Waals surface area contributed by atoms with Crippen LogP contribution in [0.1, 0.15) is 11.7 Å². The number of hydrogen-bond donors (Lipinski definition) is 2. The van der Waals surface area contributed by atoms with Gasteiger partial charge in [-0.3, -0.25) is 4.79 Å². The Labute approximate surface area is 86.5 Å². The van der Waals surface area contributed by atoms with Gasteiger partial charge in [-0.2, -0.15) is 0 Å². The van der Waals surface area contributed by atoms with Crippen LogP contribution in [-0.4, -0.2) is 24.2 Å². The van der Waals surface area contributed by atoms with Crippen molar-refractivity contribution in [3.05, 3.63) is 29.8 Å². The number of carboxylic acid groups (broad SMARTS) is 1. The van der Waals surface area contributed by atoms with Gasteiger partial charge in [0.1, 0.15) is 11.8 Å². The molecule has 0 spiro atoms. The summed E-state index contributed by atoms with van der Waals surface area (Å²) >= 11 is 0. The van der Waals surface area contributed by atoms with Crippen molar-refractivity contribution in [2.75, 3.05) is 7.11 Å². The number of rotatable bonds is 4. The lowest BCUT2D eigenvalue weighted by molar-refractivity contribution is -0.140. The summed E-state index contributed by atoms with van der Waals surface area (Å²) in [6, 6.07) is 4.55. The molecule has 0 aliphatic heterocycles. The molecule has 1 aromatic carbocycles. The molecule has 1 aromatic rings. The molecule has 0 bridgehead atoms. The predicted octanol–water partition coefficient (Wildman–Crippen LogP) is 1.12. The van der Waals surface area contributed by atoms with Crippen molar-refractivity contribution in [3.8, 4) is 5.75 Å². The van der Waals surface area contributed by atoms with E-state index in [0.717, 1.165) is 0 Å². The second-order valence-corrected chi connectivity index (χ2v) is 3.04. The summed E-state index contributed by atoms with van der Waals surface area (Å²) in [5, 5.41) is 8.54. The highest BCUT2D eigenvalue weighted by Gasteiger charge is 2.25. The molecule has 1 rings (SSSR count). The van der Waals surface area contributed by atoms with E-state index >= 15 is 0 Å². The third-order valence-corrected chi connectivity index (χ3v) is 2.01. The van der Waals surface area contributed by atoms with Gasteiger partial charge in [-0.1, -0.05) is 12.1 Å². The third-order valence-electron chi connectivity index (χ3n) is 2.01. The second kappa shape index (κ2) is 4.75. The Hall–Kier alpha value is -1.62. The molecule has 0 aliphatic rings. The number of carbonyl (C=O) groups is 1. The van der Waals surface area contributed by atoms with E-state index in [1.807, 2.05) is 0 Å². The minimum Gasteiger partial charge on any atom is -0.497 e. The van der Waals surface area contributed by atoms with Gasteiger partial charge in [-0.05, 0) is 17.7 Å². The Bertz CT molecular complexity index is 356. The first-order chi connectivity index (χ1) is 7.06. The Morgan fingerprint density at radius 1 is 1.60 bits per heavy atom. The number of nitrogens with two attached hydrogens (primary N) is 1. The number of halogens is 1. The fourth-order valence-electron chi connectivity index (χ4n) is 1.15. The molecule has 2 unspecified atom stereocenters. The Morgan fingerprint density at radius 2 is 2.27 bits per heavy atom. The highest BCUT2D eigenvalue weighted by atomic mass is 19.1. The topological polar surface area (TPSA) is 72.5 Å². The molecule has 0 fully saturated rings. The summed E-state index contributed by atoms with van der Waals surface area (Å²) in [6.07, 6.45) is -1.74. The van der Waals surface area contributed by atoms with Crippen LogP contribution in [-0.2, 0) is 4.79 Å². The average Bonchev–Trinajstić information content (AvgIpc) is 2.27. The lowest BCUT2D eigenvalue weighted by atomic mass is 10.0. The maximum Gasteiger partial charge on any atom is 0.323 e. The van der Waals surface area contributed by atoms with Crippen LogP contribution in [0, 0.1) is 0 Å². The molecular formula is C10H12FNO3. The van der Waals surface area contributed by atoms with Crippen molar-refractivity contribution >= 4 is 5.97 Å². The molecule has 2 atom stereocenters. The Kier molecular flexibility index (Phi) is 3.62. The zero-order chi connectivity index (χ0) is 11.4. The molecule has 0 heterocycles. The number of alkyl halides is 1. The summed E-state index contributed by atoms with van der Waals surface area (Å²) in [5.74, 6) is -0.905. The van der Waals surface area contributed by atoms with Crippen molar-refractivity contribution < 1.29 is 19.0 Å². The summed E-state index contributed by atoms with van der Waals surface area (Å²) in [5.41, 5.74) is 5.37. The fraction of sp³-hybridized carbons (Fsp3) is 0.300. The molecule has 15 heavy (non-hydrogen) atoms. The number of hydrogen-bond acceptors (Lipinski definition) is 3. The van der Waals surface area contributed by atoms with Crippen molar-refractivity contribution in [2.24, 2.45) is 5.73 Å². The van der Waals surface area contributed by atoms with Crippen LogP contribution < -0.4 is 10.5 Å². The van der Waals surface area contributed by atoms with E-state index in [0.29, 0.717) is 5.75 Å². The highest BCUT2D eigenvalue weighted by molar-refractivity contribution is 5.74. The summed E-state index contributed by atoms with van der Waals surface area (Å²) in [7, 11) is 1.45. The van der Waals surface area contributed by atoms with Gasteiger partial charge in [0.15, 0.2) is 6.17 Å². The number of carboxylic acids is 1. The molecular weight excluding hydrogens is 201 g/mol. The first-order valence-electron chi connectivity index (χ1n) is 4.32. The number of benzene rings is 1. The van der Waals surface area contributed by atoms with E-state index in [1.165, 1.54) is 19.2 Å². The molecule has 5 heteroatoms. The van der Waals surface area contributed by atoms with Crippen molar-refractivity contribution in [1.29, 1.82) is 0 Å². The molecule has 0 aromatic heterocycles. The van der Waals surface area contributed by atoms with E-state index < -0.39 is 18.2 Å². The van der Waals surface area contributed by atoms with Crippen LogP contribution in [0.2, 0.25) is 0 Å². The molecule has 0 amide bonds. The molecule has 0 saturated heterocycles. The lowest BCUT2D eigenvalue weighted by Gasteiger charge is -2.13. The fourth-order valence-corrected chi connectivity index (χ4v) is 1.15. The first kappa shape index (κ1) is 11.5. The minimum absolute atomic E-state index is 0.198. The van der Waals surface area contributed by atoms with Gasteiger partial charge >= 0.3 is 5.97 Å². The molecule has 0 saturated carbocycles. The van der Waals surface area contributed by atoms with Crippen LogP contribution in [0.25, 0.3) is 0 Å². The van der Waals surface area contributed by atoms with Crippen LogP contribution >= 0.6 is 0 Å². The van der Waals surface area contributed by atoms with Gasteiger partial charge in [-0.15, -0.1) is 0 Å². The van der Waals surface area contributed by atoms with Crippen LogP contribution in [0.5, 0.6) is 5.75 Å².